The SMILES string of the molecule is Nc1ccccc1NC(=O)CCCCCC(=O)NCc1ccccc1-c1ccc([C@@H]2O[C@H](CSc3ccccn3)C[C@H](c3ccc(CO)cc3)O2)cc1. The second kappa shape index (κ2) is 19.2. The van der Waals surface area contributed by atoms with Crippen LogP contribution in [0.4, 0.5) is 11.4 Å². The maximum atomic E-state index is 12.7. The number of carbonyl (C=O) groups excluding carboxylic acids is 2. The maximum absolute atomic E-state index is 12.7. The van der Waals surface area contributed by atoms with Crippen LogP contribution in [0.2, 0.25) is 0 Å². The number of nitrogens with zero attached hydrogens (tertiary/aromatic N) is 1. The van der Waals surface area contributed by atoms with Crippen molar-refractivity contribution in [3.63, 3.8) is 0 Å². The van der Waals surface area contributed by atoms with Gasteiger partial charge in [0.2, 0.25) is 11.8 Å². The predicted molar refractivity (Wildman–Crippen MR) is 210 cm³/mol. The number of benzene rings is 4. The third-order valence-electron chi connectivity index (χ3n) is 9.20. The van der Waals surface area contributed by atoms with Crippen LogP contribution in [0.1, 0.15) is 73.2 Å². The fourth-order valence-corrected chi connectivity index (χ4v) is 7.14. The molecule has 274 valence electrons. The lowest BCUT2D eigenvalue weighted by molar-refractivity contribution is -0.245. The Balaban J connectivity index is 1.02. The van der Waals surface area contributed by atoms with Crippen LogP contribution in [0.15, 0.2) is 126 Å². The third kappa shape index (κ3) is 11.0. The van der Waals surface area contributed by atoms with Crippen LogP contribution in [-0.4, -0.2) is 33.8 Å². The zero-order valence-corrected chi connectivity index (χ0v) is 30.5. The predicted octanol–water partition coefficient (Wildman–Crippen LogP) is 8.37. The van der Waals surface area contributed by atoms with E-state index in [1.807, 2.05) is 84.9 Å². The number of hydrogen-bond acceptors (Lipinski definition) is 8. The van der Waals surface area contributed by atoms with Gasteiger partial charge in [0.25, 0.3) is 0 Å². The molecule has 10 heteroatoms. The van der Waals surface area contributed by atoms with Gasteiger partial charge in [-0.15, -0.1) is 11.8 Å². The molecule has 1 aliphatic rings. The molecule has 53 heavy (non-hydrogen) atoms. The number of aromatic nitrogens is 1. The van der Waals surface area contributed by atoms with Gasteiger partial charge in [0.05, 0.1) is 35.2 Å². The van der Waals surface area contributed by atoms with Crippen LogP contribution in [0, 0.1) is 0 Å². The van der Waals surface area contributed by atoms with Gasteiger partial charge in [-0.05, 0) is 64.9 Å². The number of nitrogen functional groups attached to an aromatic ring is 1. The van der Waals surface area contributed by atoms with Gasteiger partial charge in [-0.1, -0.05) is 97.4 Å². The summed E-state index contributed by atoms with van der Waals surface area (Å²) in [6.07, 6.45) is 4.69. The summed E-state index contributed by atoms with van der Waals surface area (Å²) >= 11 is 1.67. The number of nitrogens with two attached hydrogens (primary N) is 1. The summed E-state index contributed by atoms with van der Waals surface area (Å²) in [6, 6.07) is 37.3. The minimum atomic E-state index is -0.554. The number of aliphatic hydroxyl groups is 1. The number of rotatable bonds is 16. The Morgan fingerprint density at radius 2 is 1.51 bits per heavy atom. The van der Waals surface area contributed by atoms with Gasteiger partial charge in [-0.25, -0.2) is 4.98 Å². The number of ether oxygens (including phenoxy) is 2. The van der Waals surface area contributed by atoms with Crippen molar-refractivity contribution in [3.8, 4) is 11.1 Å². The Bertz CT molecular complexity index is 1920. The summed E-state index contributed by atoms with van der Waals surface area (Å²) in [7, 11) is 0. The van der Waals surface area contributed by atoms with Crippen LogP contribution in [0.25, 0.3) is 11.1 Å². The molecule has 4 aromatic carbocycles. The highest BCUT2D eigenvalue weighted by atomic mass is 32.2. The molecule has 6 rings (SSSR count). The maximum Gasteiger partial charge on any atom is 0.224 e. The summed E-state index contributed by atoms with van der Waals surface area (Å²) < 4.78 is 13.1. The Morgan fingerprint density at radius 3 is 2.26 bits per heavy atom. The molecule has 2 amide bonds. The molecule has 0 spiro atoms. The number of nitrogens with one attached hydrogen (secondary N) is 2. The van der Waals surface area contributed by atoms with Gasteiger partial charge in [-0.2, -0.15) is 0 Å². The average Bonchev–Trinajstić information content (AvgIpc) is 3.20. The van der Waals surface area contributed by atoms with Gasteiger partial charge >= 0.3 is 0 Å². The normalized spacial score (nSPS) is 16.9. The lowest BCUT2D eigenvalue weighted by Crippen LogP contribution is -2.31. The Labute approximate surface area is 315 Å². The first-order valence-electron chi connectivity index (χ1n) is 18.1. The molecule has 0 aliphatic carbocycles. The zero-order chi connectivity index (χ0) is 36.8. The number of aliphatic hydroxyl groups excluding tert-OH is 1. The standard InChI is InChI=1S/C43H46N4O5S/c44-37-12-6-7-13-38(37)47-41(50)15-3-1-2-14-40(49)46-27-34-10-4-5-11-36(34)31-21-23-33(24-22-31)43-51-35(29-53-42-16-8-9-25-45-42)26-39(52-43)32-19-17-30(28-48)18-20-32/h4-13,16-25,35,39,43,48H,1-3,14-15,26-29,44H2,(H,46,49)(H,47,50)/t35-,39+,43+/m0/s1. The van der Waals surface area contributed by atoms with Crippen molar-refractivity contribution >= 4 is 35.0 Å². The Morgan fingerprint density at radius 1 is 0.792 bits per heavy atom. The summed E-state index contributed by atoms with van der Waals surface area (Å²) in [5, 5.41) is 16.4. The van der Waals surface area contributed by atoms with Crippen LogP contribution >= 0.6 is 11.8 Å². The molecule has 3 atom stereocenters. The van der Waals surface area contributed by atoms with Crippen LogP contribution in [0.3, 0.4) is 0 Å². The Hall–Kier alpha value is -5.00. The highest BCUT2D eigenvalue weighted by molar-refractivity contribution is 7.99. The monoisotopic (exact) mass is 730 g/mol. The number of thioether (sulfide) groups is 1. The largest absolute Gasteiger partial charge is 0.397 e. The summed E-state index contributed by atoms with van der Waals surface area (Å²) in [4.78, 5) is 29.5. The van der Waals surface area contributed by atoms with Gasteiger partial charge in [-0.3, -0.25) is 9.59 Å². The van der Waals surface area contributed by atoms with Crippen molar-refractivity contribution < 1.29 is 24.2 Å². The number of carbonyl (C=O) groups is 2. The molecular formula is C43H46N4O5S. The van der Waals surface area contributed by atoms with Crippen molar-refractivity contribution in [2.75, 3.05) is 16.8 Å². The highest BCUT2D eigenvalue weighted by Gasteiger charge is 2.32. The van der Waals surface area contributed by atoms with Gasteiger partial charge in [0.15, 0.2) is 6.29 Å². The van der Waals surface area contributed by atoms with Crippen molar-refractivity contribution in [1.29, 1.82) is 0 Å². The van der Waals surface area contributed by atoms with Crippen molar-refractivity contribution in [3.05, 3.63) is 144 Å². The first-order valence-corrected chi connectivity index (χ1v) is 19.1. The van der Waals surface area contributed by atoms with Crippen molar-refractivity contribution in [2.45, 2.75) is 75.2 Å². The molecule has 5 aromatic rings. The topological polar surface area (TPSA) is 136 Å². The van der Waals surface area contributed by atoms with Crippen molar-refractivity contribution in [1.82, 2.24) is 10.3 Å². The molecule has 0 radical (unpaired) electrons. The molecule has 9 nitrogen and oxygen atoms in total. The number of pyridine rings is 1. The van der Waals surface area contributed by atoms with E-state index in [1.54, 1.807) is 30.1 Å². The van der Waals surface area contributed by atoms with Gasteiger partial charge in [0.1, 0.15) is 0 Å². The zero-order valence-electron chi connectivity index (χ0n) is 29.7. The molecule has 1 saturated heterocycles. The first kappa shape index (κ1) is 37.7. The van der Waals surface area contributed by atoms with Crippen LogP contribution in [-0.2, 0) is 32.2 Å². The number of amides is 2. The molecule has 0 unspecified atom stereocenters. The summed E-state index contributed by atoms with van der Waals surface area (Å²) in [6.45, 7) is 0.414. The second-order valence-electron chi connectivity index (χ2n) is 13.1. The molecule has 1 aliphatic heterocycles. The van der Waals surface area contributed by atoms with E-state index >= 15 is 0 Å². The van der Waals surface area contributed by atoms with Crippen molar-refractivity contribution in [2.24, 2.45) is 0 Å². The molecule has 0 bridgehead atoms. The summed E-state index contributed by atoms with van der Waals surface area (Å²) in [5.41, 5.74) is 13.0. The van der Waals surface area contributed by atoms with Gasteiger partial charge < -0.3 is 30.9 Å². The number of unbranched alkanes of at least 4 members (excludes halogenated alkanes) is 2. The van der Waals surface area contributed by atoms with E-state index in [4.69, 9.17) is 15.2 Å². The lowest BCUT2D eigenvalue weighted by atomic mass is 9.97. The second-order valence-corrected chi connectivity index (χ2v) is 14.1. The molecule has 1 aromatic heterocycles. The van der Waals surface area contributed by atoms with E-state index in [2.05, 4.69) is 33.8 Å². The third-order valence-corrected chi connectivity index (χ3v) is 10.3. The van der Waals surface area contributed by atoms with E-state index in [0.29, 0.717) is 50.0 Å². The van der Waals surface area contributed by atoms with Crippen LogP contribution in [0.5, 0.6) is 0 Å². The fraction of sp³-hybridized carbons (Fsp3) is 0.279. The number of anilines is 2. The Kier molecular flexibility index (Phi) is 13.7. The average molecular weight is 731 g/mol. The van der Waals surface area contributed by atoms with Gasteiger partial charge in [0, 0.05) is 43.3 Å². The fourth-order valence-electron chi connectivity index (χ4n) is 6.26. The van der Waals surface area contributed by atoms with E-state index in [9.17, 15) is 14.7 Å². The molecule has 2 heterocycles. The minimum absolute atomic E-state index is 0.00170. The molecule has 5 N–H and O–H groups in total. The van der Waals surface area contributed by atoms with E-state index in [0.717, 1.165) is 50.6 Å². The molecule has 0 saturated carbocycles. The van der Waals surface area contributed by atoms with E-state index in [1.165, 1.54) is 0 Å². The minimum Gasteiger partial charge on any atom is -0.397 e. The summed E-state index contributed by atoms with van der Waals surface area (Å²) in [5.74, 6) is 0.644. The lowest BCUT2D eigenvalue weighted by Gasteiger charge is -2.36. The van der Waals surface area contributed by atoms with Crippen LogP contribution < -0.4 is 16.4 Å². The van der Waals surface area contributed by atoms with E-state index in [-0.39, 0.29) is 30.6 Å². The molecule has 1 fully saturated rings. The quantitative estimate of drug-likeness (QED) is 0.0452. The van der Waals surface area contributed by atoms with E-state index < -0.39 is 6.29 Å². The molecular weight excluding hydrogens is 685 g/mol. The number of hydrogen-bond donors (Lipinski definition) is 4. The highest BCUT2D eigenvalue weighted by Crippen LogP contribution is 2.40. The smallest absolute Gasteiger partial charge is 0.224 e. The number of para-hydroxylation sites is 2. The first-order chi connectivity index (χ1) is 25.9.